The van der Waals surface area contributed by atoms with Crippen molar-refractivity contribution in [2.45, 2.75) is 0 Å². The molecular formula is C14H13Al. The van der Waals surface area contributed by atoms with E-state index >= 15 is 0 Å². The van der Waals surface area contributed by atoms with E-state index in [0.29, 0.717) is 0 Å². The first-order chi connectivity index (χ1) is 6.95. The molecule has 0 aliphatic rings. The number of hydrogen-bond donors (Lipinski definition) is 0. The van der Waals surface area contributed by atoms with Gasteiger partial charge in [-0.25, -0.2) is 0 Å². The molecule has 0 amide bonds. The van der Waals surface area contributed by atoms with E-state index < -0.39 is 0 Å². The molecule has 0 unspecified atom stereocenters. The van der Waals surface area contributed by atoms with Gasteiger partial charge >= 0.3 is 0 Å². The minimum atomic E-state index is 0. The fourth-order valence-corrected chi connectivity index (χ4v) is 1.95. The summed E-state index contributed by atoms with van der Waals surface area (Å²) in [4.78, 5) is 0. The van der Waals surface area contributed by atoms with E-state index in [-0.39, 0.29) is 17.4 Å². The smallest absolute Gasteiger partial charge is 0.0616 e. The van der Waals surface area contributed by atoms with Crippen molar-refractivity contribution in [1.82, 2.24) is 0 Å². The maximum Gasteiger partial charge on any atom is 0.187 e. The second-order valence-electron chi connectivity index (χ2n) is 3.51. The average Bonchev–Trinajstić information content (AvgIpc) is 2.29. The maximum atomic E-state index is 2.18. The Morgan fingerprint density at radius 2 is 0.867 bits per heavy atom. The summed E-state index contributed by atoms with van der Waals surface area (Å²) in [7, 11) is 0. The summed E-state index contributed by atoms with van der Waals surface area (Å²) in [6, 6.07) is 21.4. The predicted molar refractivity (Wildman–Crippen MR) is 71.4 cm³/mol. The topological polar surface area (TPSA) is 0 Å². The van der Waals surface area contributed by atoms with E-state index in [4.69, 9.17) is 0 Å². The minimum Gasteiger partial charge on any atom is -0.0616 e. The molecule has 15 heavy (non-hydrogen) atoms. The van der Waals surface area contributed by atoms with Crippen molar-refractivity contribution in [2.75, 3.05) is 0 Å². The van der Waals surface area contributed by atoms with Gasteiger partial charge in [-0.2, -0.15) is 0 Å². The van der Waals surface area contributed by atoms with E-state index in [1.807, 2.05) is 0 Å². The molecule has 0 bridgehead atoms. The van der Waals surface area contributed by atoms with Gasteiger partial charge in [0.05, 0.1) is 0 Å². The molecule has 3 aromatic carbocycles. The molecule has 72 valence electrons. The first kappa shape index (κ1) is 10.2. The summed E-state index contributed by atoms with van der Waals surface area (Å²) in [5.41, 5.74) is 0. The van der Waals surface area contributed by atoms with Crippen LogP contribution in [0.15, 0.2) is 60.7 Å². The van der Waals surface area contributed by atoms with E-state index in [9.17, 15) is 0 Å². The molecule has 0 N–H and O–H groups in total. The lowest BCUT2D eigenvalue weighted by Crippen LogP contribution is -1.75. The quantitative estimate of drug-likeness (QED) is 0.393. The zero-order valence-corrected chi connectivity index (χ0v) is 7.77. The van der Waals surface area contributed by atoms with Gasteiger partial charge in [0.15, 0.2) is 17.4 Å². The Morgan fingerprint density at radius 1 is 0.467 bits per heavy atom. The molecule has 0 saturated heterocycles. The zero-order valence-electron chi connectivity index (χ0n) is 7.77. The van der Waals surface area contributed by atoms with Gasteiger partial charge in [0.1, 0.15) is 0 Å². The highest BCUT2D eigenvalue weighted by Gasteiger charge is 1.97. The van der Waals surface area contributed by atoms with E-state index in [2.05, 4.69) is 60.7 Å². The van der Waals surface area contributed by atoms with Gasteiger partial charge in [0.25, 0.3) is 0 Å². The second kappa shape index (κ2) is 4.07. The van der Waals surface area contributed by atoms with Gasteiger partial charge in [-0.05, 0) is 21.5 Å². The number of fused-ring (bicyclic) bond motifs is 3. The fourth-order valence-electron chi connectivity index (χ4n) is 1.95. The summed E-state index contributed by atoms with van der Waals surface area (Å²) in [6.07, 6.45) is 0. The Morgan fingerprint density at radius 3 is 1.33 bits per heavy atom. The highest BCUT2D eigenvalue weighted by Crippen LogP contribution is 2.24. The Hall–Kier alpha value is -1.29. The molecule has 0 spiro atoms. The van der Waals surface area contributed by atoms with Crippen molar-refractivity contribution >= 4 is 38.9 Å². The van der Waals surface area contributed by atoms with Crippen LogP contribution in [0, 0.1) is 0 Å². The summed E-state index contributed by atoms with van der Waals surface area (Å²) in [6.45, 7) is 0. The van der Waals surface area contributed by atoms with Crippen LogP contribution in [-0.4, -0.2) is 17.4 Å². The van der Waals surface area contributed by atoms with Crippen LogP contribution in [0.4, 0.5) is 0 Å². The van der Waals surface area contributed by atoms with E-state index in [0.717, 1.165) is 0 Å². The first-order valence-electron chi connectivity index (χ1n) is 4.82. The predicted octanol–water partition coefficient (Wildman–Crippen LogP) is 2.81. The number of rotatable bonds is 0. The summed E-state index contributed by atoms with van der Waals surface area (Å²) in [5, 5.41) is 5.30. The lowest BCUT2D eigenvalue weighted by molar-refractivity contribution is 1.76. The highest BCUT2D eigenvalue weighted by molar-refractivity contribution is 6.07. The molecule has 3 rings (SSSR count). The van der Waals surface area contributed by atoms with Crippen molar-refractivity contribution in [3.05, 3.63) is 60.7 Å². The average molecular weight is 208 g/mol. The lowest BCUT2D eigenvalue weighted by atomic mass is 10.0. The molecule has 0 nitrogen and oxygen atoms in total. The molecule has 0 fully saturated rings. The molecule has 0 heterocycles. The Kier molecular flexibility index (Phi) is 2.77. The highest BCUT2D eigenvalue weighted by atomic mass is 27.0. The summed E-state index contributed by atoms with van der Waals surface area (Å²) >= 11 is 0. The molecule has 0 aromatic heterocycles. The Bertz CT molecular complexity index is 544. The van der Waals surface area contributed by atoms with Crippen LogP contribution in [0.1, 0.15) is 0 Å². The van der Waals surface area contributed by atoms with Crippen molar-refractivity contribution in [2.24, 2.45) is 0 Å². The van der Waals surface area contributed by atoms with Gasteiger partial charge < -0.3 is 0 Å². The minimum absolute atomic E-state index is 0. The van der Waals surface area contributed by atoms with Crippen LogP contribution in [-0.2, 0) is 0 Å². The standard InChI is InChI=1S/C14H10.Al.3H/c1-3-7-13-11(5-1)9-10-12-6-2-4-8-14(12)13;;;;/h1-10H;;;;. The van der Waals surface area contributed by atoms with Crippen molar-refractivity contribution in [3.8, 4) is 0 Å². The van der Waals surface area contributed by atoms with Crippen molar-refractivity contribution < 1.29 is 0 Å². The van der Waals surface area contributed by atoms with Crippen LogP contribution >= 0.6 is 0 Å². The molecule has 0 aliphatic heterocycles. The molecule has 0 radical (unpaired) electrons. The molecule has 3 aromatic rings. The van der Waals surface area contributed by atoms with Gasteiger partial charge in [0.2, 0.25) is 0 Å². The molecular weight excluding hydrogens is 195 g/mol. The number of benzene rings is 3. The monoisotopic (exact) mass is 208 g/mol. The molecule has 0 atom stereocenters. The van der Waals surface area contributed by atoms with Gasteiger partial charge in [0, 0.05) is 0 Å². The third-order valence-electron chi connectivity index (χ3n) is 2.65. The van der Waals surface area contributed by atoms with Crippen LogP contribution in [0.2, 0.25) is 0 Å². The van der Waals surface area contributed by atoms with Gasteiger partial charge in [-0.1, -0.05) is 60.7 Å². The maximum absolute atomic E-state index is 2.18. The summed E-state index contributed by atoms with van der Waals surface area (Å²) in [5.74, 6) is 0. The van der Waals surface area contributed by atoms with E-state index in [1.165, 1.54) is 21.5 Å². The number of hydrogen-bond acceptors (Lipinski definition) is 0. The van der Waals surface area contributed by atoms with Gasteiger partial charge in [-0.15, -0.1) is 0 Å². The van der Waals surface area contributed by atoms with E-state index in [1.54, 1.807) is 0 Å². The lowest BCUT2D eigenvalue weighted by Gasteiger charge is -2.02. The SMILES string of the molecule is [AlH3].c1ccc2c(c1)ccc1ccccc12. The van der Waals surface area contributed by atoms with Crippen molar-refractivity contribution in [3.63, 3.8) is 0 Å². The fraction of sp³-hybridized carbons (Fsp3) is 0. The van der Waals surface area contributed by atoms with Gasteiger partial charge in [-0.3, -0.25) is 0 Å². The van der Waals surface area contributed by atoms with Crippen LogP contribution < -0.4 is 0 Å². The van der Waals surface area contributed by atoms with Crippen molar-refractivity contribution in [1.29, 1.82) is 0 Å². The zero-order chi connectivity index (χ0) is 9.38. The first-order valence-corrected chi connectivity index (χ1v) is 4.82. The molecule has 1 heteroatoms. The molecule has 0 saturated carbocycles. The third kappa shape index (κ3) is 1.65. The normalized spacial score (nSPS) is 10.1. The van der Waals surface area contributed by atoms with Crippen LogP contribution in [0.25, 0.3) is 21.5 Å². The Labute approximate surface area is 99.7 Å². The molecule has 0 aliphatic carbocycles. The summed E-state index contributed by atoms with van der Waals surface area (Å²) < 4.78 is 0. The van der Waals surface area contributed by atoms with Crippen LogP contribution in [0.3, 0.4) is 0 Å². The Balaban J connectivity index is 0.000000853. The largest absolute Gasteiger partial charge is 0.187 e. The second-order valence-corrected chi connectivity index (χ2v) is 3.51. The van der Waals surface area contributed by atoms with Crippen LogP contribution in [0.5, 0.6) is 0 Å². The third-order valence-corrected chi connectivity index (χ3v) is 2.65.